The Morgan fingerprint density at radius 2 is 1.65 bits per heavy atom. The molecule has 0 spiro atoms. The van der Waals surface area contributed by atoms with Gasteiger partial charge in [-0.15, -0.1) is 5.10 Å². The van der Waals surface area contributed by atoms with E-state index in [1.807, 2.05) is 11.7 Å². The molecule has 0 bridgehead atoms. The summed E-state index contributed by atoms with van der Waals surface area (Å²) in [6.07, 6.45) is 0.938. The van der Waals surface area contributed by atoms with Crippen molar-refractivity contribution in [3.8, 4) is 0 Å². The predicted octanol–water partition coefficient (Wildman–Crippen LogP) is -0.575. The van der Waals surface area contributed by atoms with Crippen LogP contribution in [-0.4, -0.2) is 70.0 Å². The average Bonchev–Trinajstić information content (AvgIpc) is 3.36. The Hall–Kier alpha value is -3.02. The van der Waals surface area contributed by atoms with Crippen LogP contribution in [0.1, 0.15) is 33.0 Å². The summed E-state index contributed by atoms with van der Waals surface area (Å²) >= 11 is 0. The lowest BCUT2D eigenvalue weighted by atomic mass is 10.0. The maximum atomic E-state index is 12.6. The van der Waals surface area contributed by atoms with E-state index in [2.05, 4.69) is 51.1 Å². The van der Waals surface area contributed by atoms with Crippen LogP contribution in [0.25, 0.3) is 11.2 Å². The van der Waals surface area contributed by atoms with E-state index in [-0.39, 0.29) is 16.8 Å². The van der Waals surface area contributed by atoms with Gasteiger partial charge in [-0.3, -0.25) is 18.8 Å². The van der Waals surface area contributed by atoms with Crippen LogP contribution in [0.2, 0.25) is 0 Å². The number of fused-ring (bicyclic) bond motifs is 1. The molecule has 0 atom stereocenters. The number of anilines is 1. The Morgan fingerprint density at radius 3 is 2.29 bits per heavy atom. The topological polar surface area (TPSA) is 112 Å². The summed E-state index contributed by atoms with van der Waals surface area (Å²) in [6, 6.07) is 0. The maximum Gasteiger partial charge on any atom is 0.332 e. The number of hydrogen-bond donors (Lipinski definition) is 0. The molecular weight excluding hydrogens is 400 g/mol. The number of piperazine rings is 1. The monoisotopic (exact) mass is 430 g/mol. The number of hydrogen-bond acceptors (Lipinski definition) is 8. The van der Waals surface area contributed by atoms with Gasteiger partial charge in [0, 0.05) is 47.3 Å². The Bertz CT molecular complexity index is 1220. The highest BCUT2D eigenvalue weighted by atomic mass is 16.2. The SMILES string of the molecule is CCC(C)(C)n1nnnc1CN1CCN(c2nc3c(c(=O)n(C)c(=O)n3C)n2C)CC1. The standard InChI is InChI=1S/C19H30N10O2/c1-7-19(2,3)29-13(21-22-23-29)12-27-8-10-28(11-9-27)17-20-15-14(24(17)4)16(30)26(6)18(31)25(15)5/h7-12H2,1-6H3. The Morgan fingerprint density at radius 1 is 0.968 bits per heavy atom. The second-order valence-electron chi connectivity index (χ2n) is 8.78. The molecule has 12 nitrogen and oxygen atoms in total. The van der Waals surface area contributed by atoms with Crippen LogP contribution in [0.5, 0.6) is 0 Å². The van der Waals surface area contributed by atoms with Crippen molar-refractivity contribution in [3.63, 3.8) is 0 Å². The van der Waals surface area contributed by atoms with Crippen molar-refractivity contribution in [1.29, 1.82) is 0 Å². The summed E-state index contributed by atoms with van der Waals surface area (Å²) in [5.74, 6) is 1.56. The molecule has 0 amide bonds. The Labute approximate surface area is 179 Å². The lowest BCUT2D eigenvalue weighted by Crippen LogP contribution is -2.47. The second kappa shape index (κ2) is 7.59. The Balaban J connectivity index is 1.53. The van der Waals surface area contributed by atoms with Gasteiger partial charge >= 0.3 is 5.69 Å². The van der Waals surface area contributed by atoms with E-state index >= 15 is 0 Å². The molecule has 0 unspecified atom stereocenters. The molecule has 1 fully saturated rings. The summed E-state index contributed by atoms with van der Waals surface area (Å²) in [4.78, 5) is 34.0. The second-order valence-corrected chi connectivity index (χ2v) is 8.78. The van der Waals surface area contributed by atoms with E-state index in [9.17, 15) is 9.59 Å². The van der Waals surface area contributed by atoms with E-state index in [0.717, 1.165) is 43.0 Å². The quantitative estimate of drug-likeness (QED) is 0.529. The van der Waals surface area contributed by atoms with Gasteiger partial charge in [0.15, 0.2) is 17.0 Å². The molecule has 1 saturated heterocycles. The van der Waals surface area contributed by atoms with Gasteiger partial charge in [-0.2, -0.15) is 4.98 Å². The van der Waals surface area contributed by atoms with Crippen molar-refractivity contribution in [1.82, 2.24) is 43.8 Å². The van der Waals surface area contributed by atoms with Crippen LogP contribution < -0.4 is 16.1 Å². The minimum atomic E-state index is -0.375. The summed E-state index contributed by atoms with van der Waals surface area (Å²) in [5.41, 5.74) is 0.00982. The number of aryl methyl sites for hydroxylation is 2. The fourth-order valence-corrected chi connectivity index (χ4v) is 4.02. The average molecular weight is 431 g/mol. The van der Waals surface area contributed by atoms with Crippen molar-refractivity contribution < 1.29 is 0 Å². The molecule has 168 valence electrons. The molecule has 3 aromatic rings. The fourth-order valence-electron chi connectivity index (χ4n) is 4.02. The molecule has 0 radical (unpaired) electrons. The first-order valence-electron chi connectivity index (χ1n) is 10.5. The molecule has 4 rings (SSSR count). The summed E-state index contributed by atoms with van der Waals surface area (Å²) in [5, 5.41) is 12.3. The minimum Gasteiger partial charge on any atom is -0.340 e. The molecule has 0 aliphatic carbocycles. The van der Waals surface area contributed by atoms with Gasteiger partial charge in [0.05, 0.1) is 12.1 Å². The number of aromatic nitrogens is 8. The first-order chi connectivity index (χ1) is 14.7. The van der Waals surface area contributed by atoms with E-state index in [4.69, 9.17) is 0 Å². The predicted molar refractivity (Wildman–Crippen MR) is 116 cm³/mol. The van der Waals surface area contributed by atoms with Crippen LogP contribution >= 0.6 is 0 Å². The van der Waals surface area contributed by atoms with Gasteiger partial charge in [-0.25, -0.2) is 9.48 Å². The molecule has 4 heterocycles. The first kappa shape index (κ1) is 21.2. The molecule has 0 saturated carbocycles. The number of nitrogens with zero attached hydrogens (tertiary/aromatic N) is 10. The smallest absolute Gasteiger partial charge is 0.332 e. The van der Waals surface area contributed by atoms with Gasteiger partial charge in [-0.1, -0.05) is 6.92 Å². The van der Waals surface area contributed by atoms with Crippen LogP contribution in [0, 0.1) is 0 Å². The van der Waals surface area contributed by atoms with Crippen molar-refractivity contribution in [2.45, 2.75) is 39.3 Å². The summed E-state index contributed by atoms with van der Waals surface area (Å²) in [7, 11) is 4.95. The molecule has 0 N–H and O–H groups in total. The zero-order valence-corrected chi connectivity index (χ0v) is 19.0. The minimum absolute atomic E-state index is 0.129. The van der Waals surface area contributed by atoms with E-state index in [0.29, 0.717) is 23.7 Å². The van der Waals surface area contributed by atoms with Gasteiger partial charge in [0.1, 0.15) is 0 Å². The van der Waals surface area contributed by atoms with Crippen LogP contribution in [0.4, 0.5) is 5.95 Å². The largest absolute Gasteiger partial charge is 0.340 e. The fraction of sp³-hybridized carbons (Fsp3) is 0.684. The molecule has 31 heavy (non-hydrogen) atoms. The van der Waals surface area contributed by atoms with Gasteiger partial charge in [0.25, 0.3) is 5.56 Å². The highest BCUT2D eigenvalue weighted by Crippen LogP contribution is 2.22. The van der Waals surface area contributed by atoms with Crippen LogP contribution in [0.3, 0.4) is 0 Å². The third-order valence-electron chi connectivity index (χ3n) is 6.44. The number of tetrazole rings is 1. The third kappa shape index (κ3) is 3.44. The normalized spacial score (nSPS) is 15.9. The van der Waals surface area contributed by atoms with Crippen LogP contribution in [-0.2, 0) is 33.2 Å². The molecule has 0 aromatic carbocycles. The highest BCUT2D eigenvalue weighted by molar-refractivity contribution is 5.74. The van der Waals surface area contributed by atoms with Gasteiger partial charge in [-0.05, 0) is 30.7 Å². The van der Waals surface area contributed by atoms with Crippen molar-refractivity contribution in [2.24, 2.45) is 21.1 Å². The van der Waals surface area contributed by atoms with Gasteiger partial charge < -0.3 is 9.47 Å². The highest BCUT2D eigenvalue weighted by Gasteiger charge is 2.27. The van der Waals surface area contributed by atoms with Crippen molar-refractivity contribution >= 4 is 17.1 Å². The summed E-state index contributed by atoms with van der Waals surface area (Å²) in [6.45, 7) is 10.2. The molecule has 1 aliphatic rings. The zero-order valence-electron chi connectivity index (χ0n) is 19.0. The molecule has 3 aromatic heterocycles. The van der Waals surface area contributed by atoms with E-state index in [1.165, 1.54) is 11.6 Å². The van der Waals surface area contributed by atoms with Gasteiger partial charge in [0.2, 0.25) is 5.95 Å². The molecule has 12 heteroatoms. The van der Waals surface area contributed by atoms with Crippen LogP contribution in [0.15, 0.2) is 9.59 Å². The lowest BCUT2D eigenvalue weighted by Gasteiger charge is -2.35. The molecule has 1 aliphatic heterocycles. The zero-order chi connectivity index (χ0) is 22.5. The first-order valence-corrected chi connectivity index (χ1v) is 10.5. The number of rotatable bonds is 5. The van der Waals surface area contributed by atoms with E-state index < -0.39 is 0 Å². The third-order valence-corrected chi connectivity index (χ3v) is 6.44. The lowest BCUT2D eigenvalue weighted by molar-refractivity contribution is 0.220. The van der Waals surface area contributed by atoms with Crippen molar-refractivity contribution in [3.05, 3.63) is 26.7 Å². The molecular formula is C19H30N10O2. The Kier molecular flexibility index (Phi) is 5.20. The van der Waals surface area contributed by atoms with Crippen molar-refractivity contribution in [2.75, 3.05) is 31.1 Å². The maximum absolute atomic E-state index is 12.6. The summed E-state index contributed by atoms with van der Waals surface area (Å²) < 4.78 is 6.25. The van der Waals surface area contributed by atoms with E-state index in [1.54, 1.807) is 11.6 Å². The number of imidazole rings is 1.